The molecular weight excluding hydrogens is 476 g/mol. The van der Waals surface area contributed by atoms with Crippen molar-refractivity contribution < 1.29 is 14.0 Å². The van der Waals surface area contributed by atoms with Gasteiger partial charge in [-0.25, -0.2) is 0 Å². The van der Waals surface area contributed by atoms with Gasteiger partial charge in [-0.05, 0) is 60.9 Å². The van der Waals surface area contributed by atoms with Crippen molar-refractivity contribution in [3.05, 3.63) is 52.5 Å². The number of nitrogens with zero attached hydrogens (tertiary/aromatic N) is 1. The number of hydrogen-bond donors (Lipinski definition) is 1. The first-order valence-corrected chi connectivity index (χ1v) is 12.1. The van der Waals surface area contributed by atoms with E-state index in [-0.39, 0.29) is 0 Å². The van der Waals surface area contributed by atoms with Gasteiger partial charge in [0.2, 0.25) is 0 Å². The molecule has 1 heterocycles. The fourth-order valence-electron chi connectivity index (χ4n) is 3.40. The number of methoxy groups -OCH3 is 2. The maximum Gasteiger partial charge on any atom is 0.183 e. The van der Waals surface area contributed by atoms with E-state index >= 15 is 0 Å². The van der Waals surface area contributed by atoms with Crippen LogP contribution in [0.2, 0.25) is 0 Å². The number of benzene rings is 2. The van der Waals surface area contributed by atoms with Crippen LogP contribution < -0.4 is 14.2 Å². The van der Waals surface area contributed by atoms with E-state index < -0.39 is 0 Å². The van der Waals surface area contributed by atoms with E-state index in [0.717, 1.165) is 55.9 Å². The molecule has 31 heavy (non-hydrogen) atoms. The van der Waals surface area contributed by atoms with Crippen LogP contribution in [0.4, 0.5) is 5.82 Å². The maximum absolute atomic E-state index is 5.79. The molecule has 0 amide bonds. The lowest BCUT2D eigenvalue weighted by atomic mass is 10.0. The Kier molecular flexibility index (Phi) is 8.32. The first kappa shape index (κ1) is 23.5. The summed E-state index contributed by atoms with van der Waals surface area (Å²) in [6, 6.07) is 13.8. The number of anilines is 1. The zero-order chi connectivity index (χ0) is 22.4. The zero-order valence-electron chi connectivity index (χ0n) is 18.6. The second-order valence-corrected chi connectivity index (χ2v) is 8.95. The number of halogens is 1. The molecule has 1 fully saturated rings. The molecule has 1 aliphatic rings. The van der Waals surface area contributed by atoms with Gasteiger partial charge in [0.1, 0.15) is 16.4 Å². The van der Waals surface area contributed by atoms with Crippen LogP contribution in [-0.2, 0) is 6.42 Å². The maximum atomic E-state index is 5.79. The predicted molar refractivity (Wildman–Crippen MR) is 131 cm³/mol. The SMILES string of the molecule is CC.COc1cccc(OC)c1SNc1noc(-c2cccc(Br)c2)c1CC1CC1C. The summed E-state index contributed by atoms with van der Waals surface area (Å²) in [4.78, 5) is 0.871. The molecule has 3 aromatic rings. The average molecular weight is 505 g/mol. The lowest BCUT2D eigenvalue weighted by Crippen LogP contribution is -1.98. The van der Waals surface area contributed by atoms with Crippen molar-refractivity contribution in [3.8, 4) is 22.8 Å². The van der Waals surface area contributed by atoms with E-state index in [1.165, 1.54) is 18.4 Å². The van der Waals surface area contributed by atoms with Gasteiger partial charge in [-0.3, -0.25) is 0 Å². The third kappa shape index (κ3) is 5.57. The Hall–Kier alpha value is -2.12. The summed E-state index contributed by atoms with van der Waals surface area (Å²) in [5, 5.41) is 4.35. The molecule has 0 saturated heterocycles. The van der Waals surface area contributed by atoms with E-state index in [9.17, 15) is 0 Å². The highest BCUT2D eigenvalue weighted by Crippen LogP contribution is 2.45. The molecule has 1 aliphatic carbocycles. The Labute approximate surface area is 197 Å². The molecule has 5 nitrogen and oxygen atoms in total. The molecule has 2 atom stereocenters. The summed E-state index contributed by atoms with van der Waals surface area (Å²) in [6.45, 7) is 6.29. The first-order valence-electron chi connectivity index (χ1n) is 10.5. The van der Waals surface area contributed by atoms with E-state index in [1.807, 2.05) is 50.2 Å². The second kappa shape index (κ2) is 11.0. The van der Waals surface area contributed by atoms with Gasteiger partial charge in [-0.2, -0.15) is 0 Å². The van der Waals surface area contributed by atoms with Gasteiger partial charge in [-0.1, -0.05) is 60.1 Å². The van der Waals surface area contributed by atoms with Crippen LogP contribution in [0.5, 0.6) is 11.5 Å². The molecular formula is C24H29BrN2O3S. The summed E-state index contributed by atoms with van der Waals surface area (Å²) >= 11 is 4.97. The van der Waals surface area contributed by atoms with Crippen LogP contribution in [0.1, 0.15) is 32.8 Å². The van der Waals surface area contributed by atoms with Gasteiger partial charge in [0.15, 0.2) is 11.6 Å². The zero-order valence-corrected chi connectivity index (χ0v) is 21.0. The highest BCUT2D eigenvalue weighted by molar-refractivity contribution is 9.10. The van der Waals surface area contributed by atoms with Crippen LogP contribution in [0.15, 0.2) is 56.4 Å². The predicted octanol–water partition coefficient (Wildman–Crippen LogP) is 7.47. The molecule has 1 N–H and O–H groups in total. The van der Waals surface area contributed by atoms with Crippen molar-refractivity contribution in [1.29, 1.82) is 0 Å². The normalized spacial score (nSPS) is 16.8. The van der Waals surface area contributed by atoms with Crippen LogP contribution in [-0.4, -0.2) is 19.4 Å². The van der Waals surface area contributed by atoms with Crippen LogP contribution in [0, 0.1) is 11.8 Å². The van der Waals surface area contributed by atoms with Crippen molar-refractivity contribution in [2.24, 2.45) is 11.8 Å². The molecule has 1 aromatic heterocycles. The second-order valence-electron chi connectivity index (χ2n) is 7.22. The molecule has 2 unspecified atom stereocenters. The van der Waals surface area contributed by atoms with Gasteiger partial charge in [-0.15, -0.1) is 0 Å². The number of ether oxygens (including phenoxy) is 2. The number of hydrogen-bond acceptors (Lipinski definition) is 6. The summed E-state index contributed by atoms with van der Waals surface area (Å²) in [5.74, 6) is 4.48. The van der Waals surface area contributed by atoms with Crippen molar-refractivity contribution in [1.82, 2.24) is 5.16 Å². The Morgan fingerprint density at radius 1 is 1.13 bits per heavy atom. The quantitative estimate of drug-likeness (QED) is 0.321. The molecule has 166 valence electrons. The Bertz CT molecular complexity index is 986. The Morgan fingerprint density at radius 2 is 1.77 bits per heavy atom. The van der Waals surface area contributed by atoms with Gasteiger partial charge in [0.05, 0.1) is 14.2 Å². The third-order valence-electron chi connectivity index (χ3n) is 5.25. The molecule has 1 saturated carbocycles. The summed E-state index contributed by atoms with van der Waals surface area (Å²) in [5.41, 5.74) is 2.13. The van der Waals surface area contributed by atoms with Crippen LogP contribution in [0.3, 0.4) is 0 Å². The highest BCUT2D eigenvalue weighted by Gasteiger charge is 2.35. The topological polar surface area (TPSA) is 56.5 Å². The highest BCUT2D eigenvalue weighted by atomic mass is 79.9. The Balaban J connectivity index is 0.00000132. The smallest absolute Gasteiger partial charge is 0.183 e. The van der Waals surface area contributed by atoms with Gasteiger partial charge >= 0.3 is 0 Å². The average Bonchev–Trinajstić information content (AvgIpc) is 3.35. The van der Waals surface area contributed by atoms with Crippen LogP contribution in [0.25, 0.3) is 11.3 Å². The number of nitrogens with one attached hydrogen (secondary N) is 1. The molecule has 0 spiro atoms. The monoisotopic (exact) mass is 504 g/mol. The summed E-state index contributed by atoms with van der Waals surface area (Å²) in [7, 11) is 3.31. The lowest BCUT2D eigenvalue weighted by Gasteiger charge is -2.12. The molecule has 7 heteroatoms. The van der Waals surface area contributed by atoms with E-state index in [4.69, 9.17) is 14.0 Å². The summed E-state index contributed by atoms with van der Waals surface area (Å²) in [6.07, 6.45) is 2.19. The van der Waals surface area contributed by atoms with E-state index in [1.54, 1.807) is 14.2 Å². The number of aromatic nitrogens is 1. The Morgan fingerprint density at radius 3 is 2.35 bits per heavy atom. The van der Waals surface area contributed by atoms with Gasteiger partial charge < -0.3 is 18.7 Å². The minimum absolute atomic E-state index is 0.673. The van der Waals surface area contributed by atoms with E-state index in [0.29, 0.717) is 5.92 Å². The molecule has 2 aromatic carbocycles. The fourth-order valence-corrected chi connectivity index (χ4v) is 4.66. The molecule has 4 rings (SSSR count). The van der Waals surface area contributed by atoms with Gasteiger partial charge in [0, 0.05) is 15.6 Å². The number of rotatable bonds is 8. The minimum Gasteiger partial charge on any atom is -0.495 e. The molecule has 0 aliphatic heterocycles. The van der Waals surface area contributed by atoms with Gasteiger partial charge in [0.25, 0.3) is 0 Å². The van der Waals surface area contributed by atoms with Crippen molar-refractivity contribution in [3.63, 3.8) is 0 Å². The van der Waals surface area contributed by atoms with Crippen molar-refractivity contribution >= 4 is 33.7 Å². The molecule has 0 bridgehead atoms. The third-order valence-corrected chi connectivity index (χ3v) is 6.64. The van der Waals surface area contributed by atoms with Crippen LogP contribution >= 0.6 is 27.9 Å². The first-order chi connectivity index (χ1) is 15.1. The van der Waals surface area contributed by atoms with Crippen molar-refractivity contribution in [2.45, 2.75) is 38.5 Å². The van der Waals surface area contributed by atoms with E-state index in [2.05, 4.69) is 38.8 Å². The fraction of sp³-hybridized carbons (Fsp3) is 0.375. The van der Waals surface area contributed by atoms with Crippen molar-refractivity contribution in [2.75, 3.05) is 18.9 Å². The molecule has 0 radical (unpaired) electrons. The minimum atomic E-state index is 0.673. The standard InChI is InChI=1S/C22H23BrN2O3S.C2H6/c1-13-10-15(13)12-17-20(14-6-4-7-16(23)11-14)28-24-22(17)25-29-21-18(26-2)8-5-9-19(21)27-3;1-2/h4-9,11,13,15H,10,12H2,1-3H3,(H,24,25);1-2H3. The summed E-state index contributed by atoms with van der Waals surface area (Å²) < 4.78 is 21.2. The largest absolute Gasteiger partial charge is 0.495 e. The lowest BCUT2D eigenvalue weighted by molar-refractivity contribution is 0.376.